The molecule has 1 atom stereocenters. The van der Waals surface area contributed by atoms with Crippen LogP contribution in [-0.2, 0) is 23.8 Å². The van der Waals surface area contributed by atoms with Crippen molar-refractivity contribution in [2.24, 2.45) is 5.92 Å². The lowest BCUT2D eigenvalue weighted by Crippen LogP contribution is -2.14. The van der Waals surface area contributed by atoms with E-state index in [0.717, 1.165) is 28.3 Å². The van der Waals surface area contributed by atoms with Crippen LogP contribution in [0.1, 0.15) is 48.4 Å². The van der Waals surface area contributed by atoms with Crippen LogP contribution in [0.2, 0.25) is 5.02 Å². The molecule has 1 unspecified atom stereocenters. The molecule has 39 heavy (non-hydrogen) atoms. The normalized spacial score (nSPS) is 12.5. The van der Waals surface area contributed by atoms with E-state index in [-0.39, 0.29) is 10.9 Å². The molecule has 0 aliphatic rings. The smallest absolute Gasteiger partial charge is 0.417 e. The number of alkyl halides is 3. The van der Waals surface area contributed by atoms with Gasteiger partial charge in [0, 0.05) is 0 Å². The van der Waals surface area contributed by atoms with Crippen LogP contribution < -0.4 is 0 Å². The van der Waals surface area contributed by atoms with Crippen LogP contribution in [0.25, 0.3) is 22.3 Å². The summed E-state index contributed by atoms with van der Waals surface area (Å²) in [5.41, 5.74) is 4.79. The quantitative estimate of drug-likeness (QED) is 0.225. The average Bonchev–Trinajstić information content (AvgIpc) is 2.90. The van der Waals surface area contributed by atoms with E-state index in [2.05, 4.69) is 36.4 Å². The SMILES string of the molecule is CC(C)CC(C(=O)O)c1cc(CCc2ccc(-c3ccccc3)cc2)cc(-c2ccc(Cl)c(C(F)(F)F)c2)c1. The van der Waals surface area contributed by atoms with Crippen molar-refractivity contribution in [2.75, 3.05) is 0 Å². The van der Waals surface area contributed by atoms with Crippen molar-refractivity contribution < 1.29 is 23.1 Å². The Balaban J connectivity index is 1.68. The Bertz CT molecular complexity index is 1430. The molecule has 2 nitrogen and oxygen atoms in total. The predicted octanol–water partition coefficient (Wildman–Crippen LogP) is 9.69. The van der Waals surface area contributed by atoms with E-state index < -0.39 is 23.6 Å². The first kappa shape index (κ1) is 28.4. The van der Waals surface area contributed by atoms with Crippen LogP contribution in [0, 0.1) is 5.92 Å². The molecule has 0 aromatic heterocycles. The summed E-state index contributed by atoms with van der Waals surface area (Å²) in [6.45, 7) is 3.91. The van der Waals surface area contributed by atoms with Crippen molar-refractivity contribution in [3.8, 4) is 22.3 Å². The highest BCUT2D eigenvalue weighted by Gasteiger charge is 2.33. The summed E-state index contributed by atoms with van der Waals surface area (Å²) in [5, 5.41) is 9.61. The highest BCUT2D eigenvalue weighted by molar-refractivity contribution is 6.31. The molecule has 0 heterocycles. The van der Waals surface area contributed by atoms with Crippen LogP contribution in [0.3, 0.4) is 0 Å². The second kappa shape index (κ2) is 12.1. The number of benzene rings is 4. The number of hydrogen-bond acceptors (Lipinski definition) is 1. The number of carboxylic acids is 1. The first-order valence-corrected chi connectivity index (χ1v) is 13.3. The third kappa shape index (κ3) is 7.30. The van der Waals surface area contributed by atoms with E-state index in [1.807, 2.05) is 44.2 Å². The number of carbonyl (C=O) groups is 1. The first-order valence-electron chi connectivity index (χ1n) is 12.9. The first-order chi connectivity index (χ1) is 18.5. The molecule has 0 aliphatic heterocycles. The highest BCUT2D eigenvalue weighted by Crippen LogP contribution is 2.38. The number of rotatable bonds is 9. The summed E-state index contributed by atoms with van der Waals surface area (Å²) in [5.74, 6) is -1.58. The van der Waals surface area contributed by atoms with Crippen LogP contribution in [0.5, 0.6) is 0 Å². The fourth-order valence-electron chi connectivity index (χ4n) is 4.79. The van der Waals surface area contributed by atoms with Crippen molar-refractivity contribution in [1.82, 2.24) is 0 Å². The van der Waals surface area contributed by atoms with E-state index in [4.69, 9.17) is 11.6 Å². The van der Waals surface area contributed by atoms with Gasteiger partial charge in [0.15, 0.2) is 0 Å². The Hall–Kier alpha value is -3.57. The molecular formula is C33H30ClF3O2. The topological polar surface area (TPSA) is 37.3 Å². The number of halogens is 4. The Kier molecular flexibility index (Phi) is 8.81. The number of hydrogen-bond donors (Lipinski definition) is 1. The summed E-state index contributed by atoms with van der Waals surface area (Å²) in [6, 6.07) is 27.6. The third-order valence-electron chi connectivity index (χ3n) is 6.79. The summed E-state index contributed by atoms with van der Waals surface area (Å²) in [7, 11) is 0. The summed E-state index contributed by atoms with van der Waals surface area (Å²) < 4.78 is 40.7. The second-order valence-corrected chi connectivity index (χ2v) is 10.6. The molecule has 0 saturated heterocycles. The zero-order valence-corrected chi connectivity index (χ0v) is 22.6. The molecule has 0 amide bonds. The maximum Gasteiger partial charge on any atom is 0.417 e. The number of aliphatic carboxylic acids is 1. The van der Waals surface area contributed by atoms with Gasteiger partial charge in [-0.15, -0.1) is 0 Å². The standard InChI is InChI=1S/C33H30ClF3O2/c1-21(2)16-29(32(38)39)28-18-23(9-8-22-10-12-25(13-11-22)24-6-4-3-5-7-24)17-27(19-28)26-14-15-31(34)30(20-26)33(35,36)37/h3-7,10-15,17-21,29H,8-9,16H2,1-2H3,(H,38,39). The maximum absolute atomic E-state index is 13.6. The van der Waals surface area contributed by atoms with Gasteiger partial charge in [0.25, 0.3) is 0 Å². The van der Waals surface area contributed by atoms with Crippen molar-refractivity contribution in [3.05, 3.63) is 118 Å². The van der Waals surface area contributed by atoms with Crippen LogP contribution >= 0.6 is 11.6 Å². The Labute approximate surface area is 232 Å². The molecule has 0 radical (unpaired) electrons. The van der Waals surface area contributed by atoms with Crippen LogP contribution in [-0.4, -0.2) is 11.1 Å². The van der Waals surface area contributed by atoms with Gasteiger partial charge in [-0.25, -0.2) is 0 Å². The molecule has 4 rings (SSSR count). The lowest BCUT2D eigenvalue weighted by atomic mass is 9.86. The van der Waals surface area contributed by atoms with E-state index in [1.54, 1.807) is 12.1 Å². The zero-order valence-electron chi connectivity index (χ0n) is 21.8. The minimum Gasteiger partial charge on any atom is -0.481 e. The minimum absolute atomic E-state index is 0.133. The zero-order chi connectivity index (χ0) is 28.2. The van der Waals surface area contributed by atoms with Gasteiger partial charge in [0.2, 0.25) is 0 Å². The summed E-state index contributed by atoms with van der Waals surface area (Å²) in [4.78, 5) is 12.2. The van der Waals surface area contributed by atoms with Crippen molar-refractivity contribution in [2.45, 2.75) is 45.2 Å². The van der Waals surface area contributed by atoms with Crippen molar-refractivity contribution >= 4 is 17.6 Å². The molecule has 0 aliphatic carbocycles. The molecule has 1 N–H and O–H groups in total. The van der Waals surface area contributed by atoms with Gasteiger partial charge in [-0.3, -0.25) is 4.79 Å². The number of carboxylic acid groups (broad SMARTS) is 1. The molecule has 6 heteroatoms. The molecule has 202 valence electrons. The molecule has 4 aromatic rings. The Morgan fingerprint density at radius 3 is 2.00 bits per heavy atom. The summed E-state index contributed by atoms with van der Waals surface area (Å²) >= 11 is 5.85. The molecule has 0 fully saturated rings. The molecule has 0 saturated carbocycles. The Morgan fingerprint density at radius 1 is 0.769 bits per heavy atom. The van der Waals surface area contributed by atoms with Crippen LogP contribution in [0.15, 0.2) is 91.0 Å². The van der Waals surface area contributed by atoms with Gasteiger partial charge in [-0.05, 0) is 76.3 Å². The average molecular weight is 551 g/mol. The van der Waals surface area contributed by atoms with Gasteiger partial charge in [0.1, 0.15) is 0 Å². The lowest BCUT2D eigenvalue weighted by molar-refractivity contribution is -0.139. The minimum atomic E-state index is -4.60. The van der Waals surface area contributed by atoms with E-state index in [1.165, 1.54) is 6.07 Å². The Morgan fingerprint density at radius 2 is 1.38 bits per heavy atom. The van der Waals surface area contributed by atoms with Gasteiger partial charge < -0.3 is 5.11 Å². The summed E-state index contributed by atoms with van der Waals surface area (Å²) in [6.07, 6.45) is -2.86. The molecule has 0 spiro atoms. The lowest BCUT2D eigenvalue weighted by Gasteiger charge is -2.19. The molecular weight excluding hydrogens is 521 g/mol. The van der Waals surface area contributed by atoms with Crippen molar-refractivity contribution in [1.29, 1.82) is 0 Å². The molecule has 4 aromatic carbocycles. The van der Waals surface area contributed by atoms with E-state index >= 15 is 0 Å². The fourth-order valence-corrected chi connectivity index (χ4v) is 5.01. The second-order valence-electron chi connectivity index (χ2n) is 10.2. The maximum atomic E-state index is 13.6. The van der Waals surface area contributed by atoms with E-state index in [0.29, 0.717) is 36.0 Å². The van der Waals surface area contributed by atoms with Gasteiger partial charge in [-0.2, -0.15) is 13.2 Å². The highest BCUT2D eigenvalue weighted by atomic mass is 35.5. The van der Waals surface area contributed by atoms with Crippen LogP contribution in [0.4, 0.5) is 13.2 Å². The largest absolute Gasteiger partial charge is 0.481 e. The van der Waals surface area contributed by atoms with Crippen molar-refractivity contribution in [3.63, 3.8) is 0 Å². The van der Waals surface area contributed by atoms with Gasteiger partial charge in [0.05, 0.1) is 16.5 Å². The van der Waals surface area contributed by atoms with Gasteiger partial charge in [-0.1, -0.05) is 104 Å². The van der Waals surface area contributed by atoms with Gasteiger partial charge >= 0.3 is 12.1 Å². The third-order valence-corrected chi connectivity index (χ3v) is 7.12. The predicted molar refractivity (Wildman–Crippen MR) is 151 cm³/mol. The number of aryl methyl sites for hydroxylation is 2. The molecule has 0 bridgehead atoms. The van der Waals surface area contributed by atoms with E-state index in [9.17, 15) is 23.1 Å². The fraction of sp³-hybridized carbons (Fsp3) is 0.242. The monoisotopic (exact) mass is 550 g/mol.